The van der Waals surface area contributed by atoms with Crippen LogP contribution in [-0.4, -0.2) is 22.3 Å². The summed E-state index contributed by atoms with van der Waals surface area (Å²) in [7, 11) is 0. The predicted molar refractivity (Wildman–Crippen MR) is 83.3 cm³/mol. The molecule has 0 saturated heterocycles. The van der Waals surface area contributed by atoms with Crippen molar-refractivity contribution in [3.63, 3.8) is 0 Å². The Balaban J connectivity index is 2.40. The van der Waals surface area contributed by atoms with Crippen molar-refractivity contribution < 1.29 is 14.7 Å². The molecule has 1 N–H and O–H groups in total. The first kappa shape index (κ1) is 15.7. The van der Waals surface area contributed by atoms with E-state index in [1.807, 2.05) is 18.4 Å². The topological polar surface area (TPSA) is 54.4 Å². The maximum Gasteiger partial charge on any atom is 0.246 e. The van der Waals surface area contributed by atoms with Crippen LogP contribution in [0.2, 0.25) is 0 Å². The summed E-state index contributed by atoms with van der Waals surface area (Å²) in [6, 6.07) is 1.86. The fraction of sp³-hybridized carbons (Fsp3) is 0.412. The highest BCUT2D eigenvalue weighted by Gasteiger charge is 2.47. The zero-order chi connectivity index (χ0) is 15.8. The second-order valence-electron chi connectivity index (χ2n) is 6.08. The summed E-state index contributed by atoms with van der Waals surface area (Å²) in [6.07, 6.45) is 1.63. The first-order valence-electron chi connectivity index (χ1n) is 6.73. The maximum atomic E-state index is 12.1. The molecule has 1 aliphatic carbocycles. The van der Waals surface area contributed by atoms with Crippen molar-refractivity contribution in [3.05, 3.63) is 33.5 Å². The lowest BCUT2D eigenvalue weighted by atomic mass is 9.65. The van der Waals surface area contributed by atoms with Crippen molar-refractivity contribution in [2.24, 2.45) is 5.41 Å². The SMILES string of the molecule is CC1=CC(=O)CC(C)(C)C1(O)C#CC(=O)c1sccc1C. The first-order valence-corrected chi connectivity index (χ1v) is 7.61. The number of Topliss-reactive ketones (excluding diaryl/α,β-unsaturated/α-hetero) is 1. The van der Waals surface area contributed by atoms with Crippen molar-refractivity contribution in [1.29, 1.82) is 0 Å². The lowest BCUT2D eigenvalue weighted by Gasteiger charge is -2.41. The highest BCUT2D eigenvalue weighted by atomic mass is 32.1. The summed E-state index contributed by atoms with van der Waals surface area (Å²) in [5, 5.41) is 12.7. The Morgan fingerprint density at radius 2 is 2.05 bits per heavy atom. The molecule has 4 heteroatoms. The van der Waals surface area contributed by atoms with E-state index >= 15 is 0 Å². The van der Waals surface area contributed by atoms with Gasteiger partial charge < -0.3 is 5.11 Å². The quantitative estimate of drug-likeness (QED) is 0.493. The van der Waals surface area contributed by atoms with Gasteiger partial charge in [0.2, 0.25) is 5.78 Å². The number of ketones is 2. The Morgan fingerprint density at radius 3 is 2.57 bits per heavy atom. The van der Waals surface area contributed by atoms with Gasteiger partial charge in [0.25, 0.3) is 0 Å². The summed E-state index contributed by atoms with van der Waals surface area (Å²) >= 11 is 1.34. The summed E-state index contributed by atoms with van der Waals surface area (Å²) in [6.45, 7) is 7.11. The van der Waals surface area contributed by atoms with Gasteiger partial charge in [0.1, 0.15) is 0 Å². The lowest BCUT2D eigenvalue weighted by Crippen LogP contribution is -2.48. The van der Waals surface area contributed by atoms with Crippen LogP contribution >= 0.6 is 11.3 Å². The average molecular weight is 302 g/mol. The molecule has 0 aliphatic heterocycles. The zero-order valence-electron chi connectivity index (χ0n) is 12.6. The number of allylic oxidation sites excluding steroid dienone is 1. The Bertz CT molecular complexity index is 697. The van der Waals surface area contributed by atoms with E-state index in [4.69, 9.17) is 0 Å². The fourth-order valence-corrected chi connectivity index (χ4v) is 3.39. The Labute approximate surface area is 128 Å². The van der Waals surface area contributed by atoms with Crippen LogP contribution in [0.4, 0.5) is 0 Å². The van der Waals surface area contributed by atoms with Crippen molar-refractivity contribution in [2.75, 3.05) is 0 Å². The summed E-state index contributed by atoms with van der Waals surface area (Å²) in [5.74, 6) is 4.95. The molecule has 3 nitrogen and oxygen atoms in total. The molecular weight excluding hydrogens is 284 g/mol. The van der Waals surface area contributed by atoms with Gasteiger partial charge in [0.05, 0.1) is 4.88 Å². The standard InChI is InChI=1S/C17H18O3S/c1-11-6-8-21-15(11)14(19)5-7-17(20)12(2)9-13(18)10-16(17,3)4/h6,8-9,20H,10H2,1-4H3. The van der Waals surface area contributed by atoms with E-state index in [1.165, 1.54) is 17.4 Å². The van der Waals surface area contributed by atoms with Crippen LogP contribution in [0.25, 0.3) is 0 Å². The van der Waals surface area contributed by atoms with E-state index in [2.05, 4.69) is 11.8 Å². The van der Waals surface area contributed by atoms with Crippen molar-refractivity contribution in [3.8, 4) is 11.8 Å². The van der Waals surface area contributed by atoms with Crippen molar-refractivity contribution >= 4 is 22.9 Å². The van der Waals surface area contributed by atoms with E-state index in [0.717, 1.165) is 5.56 Å². The minimum Gasteiger partial charge on any atom is -0.373 e. The molecule has 1 aromatic rings. The summed E-state index contributed by atoms with van der Waals surface area (Å²) < 4.78 is 0. The molecule has 110 valence electrons. The van der Waals surface area contributed by atoms with Gasteiger partial charge >= 0.3 is 0 Å². The molecule has 0 spiro atoms. The second-order valence-corrected chi connectivity index (χ2v) is 6.99. The van der Waals surface area contributed by atoms with Gasteiger partial charge in [0.15, 0.2) is 11.4 Å². The van der Waals surface area contributed by atoms with Gasteiger partial charge in [-0.2, -0.15) is 0 Å². The highest BCUT2D eigenvalue weighted by Crippen LogP contribution is 2.42. The molecule has 1 aromatic heterocycles. The molecule has 1 aliphatic rings. The molecule has 0 bridgehead atoms. The van der Waals surface area contributed by atoms with E-state index in [0.29, 0.717) is 10.5 Å². The van der Waals surface area contributed by atoms with Gasteiger partial charge in [-0.05, 0) is 48.4 Å². The van der Waals surface area contributed by atoms with Gasteiger partial charge in [-0.25, -0.2) is 0 Å². The third-order valence-corrected chi connectivity index (χ3v) is 4.98. The predicted octanol–water partition coefficient (Wildman–Crippen LogP) is 2.92. The van der Waals surface area contributed by atoms with Crippen LogP contribution in [0.5, 0.6) is 0 Å². The molecule has 1 atom stereocenters. The largest absolute Gasteiger partial charge is 0.373 e. The number of rotatable bonds is 1. The van der Waals surface area contributed by atoms with Crippen molar-refractivity contribution in [1.82, 2.24) is 0 Å². The third kappa shape index (κ3) is 2.72. The Morgan fingerprint density at radius 1 is 1.38 bits per heavy atom. The summed E-state index contributed by atoms with van der Waals surface area (Å²) in [4.78, 5) is 24.4. The fourth-order valence-electron chi connectivity index (χ4n) is 2.57. The molecule has 0 fully saturated rings. The van der Waals surface area contributed by atoms with Crippen LogP contribution in [0.3, 0.4) is 0 Å². The number of carbonyl (C=O) groups is 2. The Kier molecular flexibility index (Phi) is 3.92. The third-order valence-electron chi connectivity index (χ3n) is 3.97. The second kappa shape index (κ2) is 5.25. The van der Waals surface area contributed by atoms with Crippen LogP contribution in [0.1, 0.15) is 42.4 Å². The molecular formula is C17H18O3S. The van der Waals surface area contributed by atoms with E-state index in [-0.39, 0.29) is 18.0 Å². The number of aryl methyl sites for hydroxylation is 1. The van der Waals surface area contributed by atoms with Crippen LogP contribution in [-0.2, 0) is 4.79 Å². The van der Waals surface area contributed by atoms with Gasteiger partial charge in [-0.15, -0.1) is 11.3 Å². The molecule has 0 saturated carbocycles. The smallest absolute Gasteiger partial charge is 0.246 e. The normalized spacial score (nSPS) is 24.0. The maximum absolute atomic E-state index is 12.1. The molecule has 2 rings (SSSR count). The minimum atomic E-state index is -1.46. The van der Waals surface area contributed by atoms with Gasteiger partial charge in [-0.3, -0.25) is 9.59 Å². The monoisotopic (exact) mass is 302 g/mol. The Hall–Kier alpha value is -1.70. The highest BCUT2D eigenvalue weighted by molar-refractivity contribution is 7.12. The van der Waals surface area contributed by atoms with E-state index < -0.39 is 11.0 Å². The molecule has 0 amide bonds. The van der Waals surface area contributed by atoms with Crippen LogP contribution < -0.4 is 0 Å². The number of hydrogen-bond donors (Lipinski definition) is 1. The summed E-state index contributed by atoms with van der Waals surface area (Å²) in [5.41, 5.74) is -0.800. The number of thiophene rings is 1. The number of aliphatic hydroxyl groups is 1. The molecule has 21 heavy (non-hydrogen) atoms. The van der Waals surface area contributed by atoms with Crippen LogP contribution in [0, 0.1) is 24.2 Å². The van der Waals surface area contributed by atoms with Crippen LogP contribution in [0.15, 0.2) is 23.1 Å². The number of carbonyl (C=O) groups excluding carboxylic acids is 2. The van der Waals surface area contributed by atoms with E-state index in [9.17, 15) is 14.7 Å². The molecule has 1 unspecified atom stereocenters. The average Bonchev–Trinajstić information content (AvgIpc) is 2.79. The van der Waals surface area contributed by atoms with Gasteiger partial charge in [-0.1, -0.05) is 19.8 Å². The lowest BCUT2D eigenvalue weighted by molar-refractivity contribution is -0.121. The molecule has 0 aromatic carbocycles. The minimum absolute atomic E-state index is 0.0237. The number of hydrogen-bond acceptors (Lipinski definition) is 4. The van der Waals surface area contributed by atoms with Crippen molar-refractivity contribution in [2.45, 2.75) is 39.7 Å². The first-order chi connectivity index (χ1) is 9.67. The molecule has 1 heterocycles. The van der Waals surface area contributed by atoms with E-state index in [1.54, 1.807) is 20.8 Å². The van der Waals surface area contributed by atoms with Gasteiger partial charge in [0, 0.05) is 11.8 Å². The zero-order valence-corrected chi connectivity index (χ0v) is 13.4. The molecule has 0 radical (unpaired) electrons.